The van der Waals surface area contributed by atoms with Gasteiger partial charge < -0.3 is 43.6 Å². The first-order chi connectivity index (χ1) is 26.7. The van der Waals surface area contributed by atoms with Gasteiger partial charge in [0, 0.05) is 64.1 Å². The summed E-state index contributed by atoms with van der Waals surface area (Å²) in [5.41, 5.74) is 3.00. The number of anilines is 1. The number of aliphatic hydroxyl groups is 1. The largest absolute Gasteiger partial charge is 0.463 e. The van der Waals surface area contributed by atoms with Crippen LogP contribution in [0.25, 0.3) is 0 Å². The summed E-state index contributed by atoms with van der Waals surface area (Å²) in [6.45, 7) is 6.33. The minimum Gasteiger partial charge on any atom is -0.463 e. The quantitative estimate of drug-likeness (QED) is 0.103. The summed E-state index contributed by atoms with van der Waals surface area (Å²) in [4.78, 5) is 48.6. The van der Waals surface area contributed by atoms with Gasteiger partial charge in [0.25, 0.3) is 0 Å². The van der Waals surface area contributed by atoms with Crippen LogP contribution in [0.15, 0.2) is 53.7 Å². The Morgan fingerprint density at radius 2 is 1.52 bits per heavy atom. The molecular formula is C37H45N5O12S2. The first-order valence-electron chi connectivity index (χ1n) is 17.8. The van der Waals surface area contributed by atoms with Gasteiger partial charge in [-0.2, -0.15) is 0 Å². The van der Waals surface area contributed by atoms with Gasteiger partial charge in [0.05, 0.1) is 23.8 Å². The Morgan fingerprint density at radius 3 is 2.12 bits per heavy atom. The normalized spacial score (nSPS) is 26.1. The Balaban J connectivity index is 1.37. The molecule has 2 aliphatic rings. The third-order valence-electron chi connectivity index (χ3n) is 9.00. The number of thioether (sulfide) groups is 1. The molecule has 2 aromatic carbocycles. The van der Waals surface area contributed by atoms with Crippen LogP contribution in [-0.2, 0) is 66.0 Å². The van der Waals surface area contributed by atoms with E-state index in [1.807, 2.05) is 42.5 Å². The number of benzene rings is 2. The lowest BCUT2D eigenvalue weighted by Gasteiger charge is -2.44. The van der Waals surface area contributed by atoms with Gasteiger partial charge >= 0.3 is 23.9 Å². The molecule has 3 heterocycles. The zero-order valence-electron chi connectivity index (χ0n) is 31.7. The van der Waals surface area contributed by atoms with Crippen molar-refractivity contribution >= 4 is 58.5 Å². The highest BCUT2D eigenvalue weighted by Gasteiger charge is 2.52. The van der Waals surface area contributed by atoms with Crippen LogP contribution >= 0.6 is 24.0 Å². The van der Waals surface area contributed by atoms with Gasteiger partial charge in [-0.25, -0.2) is 4.68 Å². The van der Waals surface area contributed by atoms with Gasteiger partial charge in [0.1, 0.15) is 18.8 Å². The number of nitrogens with one attached hydrogen (secondary N) is 1. The number of thiocarbonyl (C=S) groups is 1. The predicted molar refractivity (Wildman–Crippen MR) is 202 cm³/mol. The molecule has 0 spiro atoms. The zero-order chi connectivity index (χ0) is 40.5. The van der Waals surface area contributed by atoms with E-state index in [0.29, 0.717) is 22.2 Å². The average Bonchev–Trinajstić information content (AvgIpc) is 3.56. The second-order valence-corrected chi connectivity index (χ2v) is 14.8. The molecule has 0 saturated carbocycles. The number of aryl methyl sites for hydroxylation is 1. The number of aromatic nitrogens is 4. The van der Waals surface area contributed by atoms with Gasteiger partial charge in [0.15, 0.2) is 24.6 Å². The van der Waals surface area contributed by atoms with Crippen molar-refractivity contribution in [2.45, 2.75) is 102 Å². The molecule has 17 nitrogen and oxygen atoms in total. The fourth-order valence-electron chi connectivity index (χ4n) is 6.45. The third kappa shape index (κ3) is 11.3. The second-order valence-electron chi connectivity index (χ2n) is 13.3. The molecule has 2 aliphatic heterocycles. The molecule has 5 rings (SSSR count). The minimum absolute atomic E-state index is 0.0469. The van der Waals surface area contributed by atoms with Crippen LogP contribution in [0.3, 0.4) is 0 Å². The maximum atomic E-state index is 12.3. The summed E-state index contributed by atoms with van der Waals surface area (Å²) in [5.74, 6) is -2.31. The number of hydrogen-bond acceptors (Lipinski definition) is 17. The fraction of sp³-hybridized carbons (Fsp3) is 0.514. The Bertz CT molecular complexity index is 1860. The Kier molecular flexibility index (Phi) is 14.9. The molecule has 0 aliphatic carbocycles. The number of rotatable bonds is 14. The first-order valence-corrected chi connectivity index (χ1v) is 19.2. The zero-order valence-corrected chi connectivity index (χ0v) is 33.3. The Labute approximate surface area is 333 Å². The summed E-state index contributed by atoms with van der Waals surface area (Å²) in [5, 5.41) is 25.2. The second kappa shape index (κ2) is 19.6. The van der Waals surface area contributed by atoms with E-state index in [9.17, 15) is 24.3 Å². The van der Waals surface area contributed by atoms with Crippen molar-refractivity contribution < 1.29 is 57.4 Å². The summed E-state index contributed by atoms with van der Waals surface area (Å²) < 4.78 is 42.8. The lowest BCUT2D eigenvalue weighted by molar-refractivity contribution is -0.268. The number of carbonyl (C=O) groups is 4. The predicted octanol–water partition coefficient (Wildman–Crippen LogP) is 3.54. The summed E-state index contributed by atoms with van der Waals surface area (Å²) in [6.07, 6.45) is -7.42. The van der Waals surface area contributed by atoms with Crippen molar-refractivity contribution in [2.24, 2.45) is 13.0 Å². The van der Waals surface area contributed by atoms with E-state index in [1.165, 1.54) is 25.6 Å². The fourth-order valence-corrected chi connectivity index (χ4v) is 7.75. The van der Waals surface area contributed by atoms with Crippen LogP contribution < -0.4 is 5.32 Å². The van der Waals surface area contributed by atoms with Crippen LogP contribution in [0.4, 0.5) is 5.69 Å². The van der Waals surface area contributed by atoms with Crippen molar-refractivity contribution in [3.8, 4) is 0 Å². The van der Waals surface area contributed by atoms with E-state index >= 15 is 0 Å². The van der Waals surface area contributed by atoms with E-state index in [-0.39, 0.29) is 42.7 Å². The standard InChI is InChI=1S/C37H45N5O12S2/c1-19-30(18-56-37-39-40-41-42(37)6)53-36(54-32(19)25-12-10-24(16-43)11-13-25)26-8-7-9-27(14-26)38-31(55)15-28-33(49-21(3)45)35(51-23(5)47)34(50-22(4)46)29(52-28)17-48-20(2)44/h7-14,19,28-30,32-36,43H,15-18H2,1-6H3,(H,38,55). The Morgan fingerprint density at radius 1 is 0.857 bits per heavy atom. The molecule has 3 aromatic rings. The highest BCUT2D eigenvalue weighted by atomic mass is 32.2. The van der Waals surface area contributed by atoms with Gasteiger partial charge in [0.2, 0.25) is 5.16 Å². The number of esters is 4. The van der Waals surface area contributed by atoms with Crippen LogP contribution in [0.1, 0.15) is 70.1 Å². The molecular weight excluding hydrogens is 771 g/mol. The first kappa shape index (κ1) is 42.6. The lowest BCUT2D eigenvalue weighted by Crippen LogP contribution is -2.62. The molecule has 19 heteroatoms. The van der Waals surface area contributed by atoms with Crippen molar-refractivity contribution in [3.63, 3.8) is 0 Å². The molecule has 302 valence electrons. The van der Waals surface area contributed by atoms with Crippen molar-refractivity contribution in [1.82, 2.24) is 20.2 Å². The summed E-state index contributed by atoms with van der Waals surface area (Å²) in [7, 11) is 1.77. The number of tetrazole rings is 1. The van der Waals surface area contributed by atoms with E-state index in [4.69, 9.17) is 45.4 Å². The molecule has 0 bridgehead atoms. The van der Waals surface area contributed by atoms with Crippen LogP contribution in [0, 0.1) is 5.92 Å². The maximum absolute atomic E-state index is 12.3. The molecule has 2 saturated heterocycles. The molecule has 2 fully saturated rings. The highest BCUT2D eigenvalue weighted by molar-refractivity contribution is 7.99. The lowest BCUT2D eigenvalue weighted by atomic mass is 9.91. The number of nitrogens with zero attached hydrogens (tertiary/aromatic N) is 4. The molecule has 1 aromatic heterocycles. The SMILES string of the molecule is CC(=O)OCC1OC(CC(=S)Nc2cccc(C3OC(CSc4nnnn4C)C(C)C(c4ccc(CO)cc4)O3)c2)C(OC(C)=O)C(OC(C)=O)C1OC(C)=O. The molecule has 9 unspecified atom stereocenters. The van der Waals surface area contributed by atoms with E-state index in [2.05, 4.69) is 27.8 Å². The van der Waals surface area contributed by atoms with E-state index in [1.54, 1.807) is 17.8 Å². The molecule has 0 amide bonds. The van der Waals surface area contributed by atoms with Crippen LogP contribution in [0.2, 0.25) is 0 Å². The third-order valence-corrected chi connectivity index (χ3v) is 10.4. The van der Waals surface area contributed by atoms with Crippen LogP contribution in [0.5, 0.6) is 0 Å². The number of carbonyl (C=O) groups excluding carboxylic acids is 4. The van der Waals surface area contributed by atoms with E-state index < -0.39 is 60.7 Å². The van der Waals surface area contributed by atoms with Crippen molar-refractivity contribution in [2.75, 3.05) is 17.7 Å². The Hall–Kier alpha value is -4.53. The summed E-state index contributed by atoms with van der Waals surface area (Å²) in [6, 6.07) is 14.9. The smallest absolute Gasteiger partial charge is 0.303 e. The molecule has 56 heavy (non-hydrogen) atoms. The van der Waals surface area contributed by atoms with Crippen molar-refractivity contribution in [1.29, 1.82) is 0 Å². The van der Waals surface area contributed by atoms with Gasteiger partial charge in [-0.15, -0.1) is 5.10 Å². The maximum Gasteiger partial charge on any atom is 0.303 e. The topological polar surface area (TPSA) is 209 Å². The van der Waals surface area contributed by atoms with E-state index in [0.717, 1.165) is 25.0 Å². The minimum atomic E-state index is -1.31. The number of hydrogen-bond donors (Lipinski definition) is 2. The number of aliphatic hydroxyl groups excluding tert-OH is 1. The molecule has 0 radical (unpaired) electrons. The van der Waals surface area contributed by atoms with Crippen molar-refractivity contribution in [3.05, 3.63) is 65.2 Å². The monoisotopic (exact) mass is 815 g/mol. The average molecular weight is 816 g/mol. The summed E-state index contributed by atoms with van der Waals surface area (Å²) >= 11 is 7.23. The van der Waals surface area contributed by atoms with Gasteiger partial charge in [-0.05, 0) is 33.7 Å². The molecule has 2 N–H and O–H groups in total. The highest BCUT2D eigenvalue weighted by Crippen LogP contribution is 2.43. The van der Waals surface area contributed by atoms with Crippen LogP contribution in [-0.4, -0.2) is 103 Å². The van der Waals surface area contributed by atoms with Gasteiger partial charge in [-0.3, -0.25) is 19.2 Å². The van der Waals surface area contributed by atoms with Gasteiger partial charge in [-0.1, -0.05) is 67.3 Å². The molecule has 9 atom stereocenters. The number of ether oxygens (including phenoxy) is 7.